The third-order valence-corrected chi connectivity index (χ3v) is 13.4. The van der Waals surface area contributed by atoms with Gasteiger partial charge in [0.25, 0.3) is 0 Å². The molecule has 11 nitrogen and oxygen atoms in total. The molecule has 0 radical (unpaired) electrons. The van der Waals surface area contributed by atoms with Crippen LogP contribution in [0.1, 0.15) is 120 Å². The molecule has 0 saturated carbocycles. The number of rotatable bonds is 9. The van der Waals surface area contributed by atoms with Crippen LogP contribution in [0.2, 0.25) is 0 Å². The number of carbonyl (C=O) groups is 3. The van der Waals surface area contributed by atoms with E-state index in [0.29, 0.717) is 30.4 Å². The third kappa shape index (κ3) is 5.26. The Morgan fingerprint density at radius 1 is 0.930 bits per heavy atom. The lowest BCUT2D eigenvalue weighted by Crippen LogP contribution is -2.63. The number of hydrogen-bond donors (Lipinski definition) is 4. The number of carboxylic acid groups (broad SMARTS) is 2. The summed E-state index contributed by atoms with van der Waals surface area (Å²) in [5.74, 6) is -1.81. The van der Waals surface area contributed by atoms with E-state index < -0.39 is 22.8 Å². The predicted octanol–water partition coefficient (Wildman–Crippen LogP) is 8.51. The number of aliphatic carboxylic acids is 2. The summed E-state index contributed by atoms with van der Waals surface area (Å²) in [5.41, 5.74) is 14.0. The number of nitriles is 1. The number of benzene rings is 1. The normalized spacial score (nSPS) is 20.6. The standard InChI is InChI=1S/C46H46N6O5/c1-8-28-23(3)34-18-33-24(4)29(11-14-40(54)55)36(48-33)19-37-30(12-15-41(56)57)25(5)35(49-37)20-39-46(9-2)32-16-26(22-53)10-13-38(32)52(7)44-27(21-47)17-31(42(28)50-34)43(51-39)45(44,46)6/h10,13,16-20,22,44,48-49H,8-9,11-12,14-15H2,1-7H3,(H,54,55)(H,56,57). The lowest BCUT2D eigenvalue weighted by atomic mass is 9.50. The van der Waals surface area contributed by atoms with Gasteiger partial charge < -0.3 is 25.1 Å². The molecule has 290 valence electrons. The molecular weight excluding hydrogens is 717 g/mol. The molecule has 0 amide bonds. The fourth-order valence-electron chi connectivity index (χ4n) is 10.5. The Kier molecular flexibility index (Phi) is 8.87. The number of anilines is 1. The Hall–Kier alpha value is -6.28. The van der Waals surface area contributed by atoms with Gasteiger partial charge in [0.2, 0.25) is 0 Å². The zero-order valence-electron chi connectivity index (χ0n) is 33.3. The van der Waals surface area contributed by atoms with Gasteiger partial charge in [-0.2, -0.15) is 5.26 Å². The van der Waals surface area contributed by atoms with Crippen molar-refractivity contribution < 1.29 is 24.6 Å². The molecule has 8 rings (SSSR count). The van der Waals surface area contributed by atoms with Gasteiger partial charge in [-0.3, -0.25) is 19.4 Å². The van der Waals surface area contributed by atoms with Crippen LogP contribution in [0.3, 0.4) is 0 Å². The van der Waals surface area contributed by atoms with Crippen molar-refractivity contribution in [2.24, 2.45) is 0 Å². The summed E-state index contributed by atoms with van der Waals surface area (Å²) in [5, 5.41) is 30.5. The summed E-state index contributed by atoms with van der Waals surface area (Å²) in [6.07, 6.45) is 4.56. The highest BCUT2D eigenvalue weighted by Crippen LogP contribution is 2.64. The van der Waals surface area contributed by atoms with Gasteiger partial charge in [-0.05, 0) is 128 Å². The maximum Gasteiger partial charge on any atom is 0.303 e. The number of H-pyrrole nitrogens is 2. The largest absolute Gasteiger partial charge is 0.481 e. The van der Waals surface area contributed by atoms with Crippen LogP contribution in [0.4, 0.5) is 5.69 Å². The number of aromatic amines is 2. The predicted molar refractivity (Wildman–Crippen MR) is 221 cm³/mol. The van der Waals surface area contributed by atoms with Crippen molar-refractivity contribution in [2.75, 3.05) is 11.9 Å². The Balaban J connectivity index is 1.62. The van der Waals surface area contributed by atoms with Crippen molar-refractivity contribution >= 4 is 63.2 Å². The second-order valence-electron chi connectivity index (χ2n) is 16.0. The summed E-state index contributed by atoms with van der Waals surface area (Å²) in [6, 6.07) is 14.0. The van der Waals surface area contributed by atoms with E-state index in [1.54, 1.807) is 0 Å². The summed E-state index contributed by atoms with van der Waals surface area (Å²) in [7, 11) is 2.01. The molecule has 4 N–H and O–H groups in total. The highest BCUT2D eigenvalue weighted by molar-refractivity contribution is 5.96. The summed E-state index contributed by atoms with van der Waals surface area (Å²) in [6.45, 7) is 12.5. The maximum absolute atomic E-state index is 12.4. The molecular formula is C46H46N6O5. The smallest absolute Gasteiger partial charge is 0.303 e. The van der Waals surface area contributed by atoms with Gasteiger partial charge in [0.15, 0.2) is 0 Å². The molecule has 0 fully saturated rings. The van der Waals surface area contributed by atoms with E-state index in [0.717, 1.165) is 101 Å². The van der Waals surface area contributed by atoms with Crippen molar-refractivity contribution in [1.82, 2.24) is 19.9 Å². The van der Waals surface area contributed by atoms with Gasteiger partial charge >= 0.3 is 11.9 Å². The third-order valence-electron chi connectivity index (χ3n) is 13.4. The van der Waals surface area contributed by atoms with Gasteiger partial charge in [-0.15, -0.1) is 0 Å². The average Bonchev–Trinajstić information content (AvgIpc) is 3.84. The molecule has 57 heavy (non-hydrogen) atoms. The molecule has 3 unspecified atom stereocenters. The average molecular weight is 763 g/mol. The number of nitrogens with one attached hydrogen (secondary N) is 2. The molecule has 1 aromatic carbocycles. The number of aldehydes is 1. The molecule has 3 atom stereocenters. The number of aromatic nitrogens is 4. The van der Waals surface area contributed by atoms with Gasteiger partial charge in [0.05, 0.1) is 51.3 Å². The molecule has 4 aliphatic rings. The number of aryl methyl sites for hydroxylation is 4. The van der Waals surface area contributed by atoms with E-state index in [-0.39, 0.29) is 25.3 Å². The molecule has 4 aromatic rings. The lowest BCUT2D eigenvalue weighted by molar-refractivity contribution is -0.138. The number of nitrogens with zero attached hydrogens (tertiary/aromatic N) is 4. The van der Waals surface area contributed by atoms with E-state index >= 15 is 0 Å². The Bertz CT molecular complexity index is 2740. The van der Waals surface area contributed by atoms with Crippen molar-refractivity contribution in [3.8, 4) is 6.07 Å². The Morgan fingerprint density at radius 3 is 2.12 bits per heavy atom. The van der Waals surface area contributed by atoms with Crippen LogP contribution in [0, 0.1) is 25.2 Å². The van der Waals surface area contributed by atoms with Crippen molar-refractivity contribution in [2.45, 2.75) is 96.9 Å². The summed E-state index contributed by atoms with van der Waals surface area (Å²) >= 11 is 0. The van der Waals surface area contributed by atoms with Crippen LogP contribution >= 0.6 is 0 Å². The van der Waals surface area contributed by atoms with E-state index in [4.69, 9.17) is 9.97 Å². The fourth-order valence-corrected chi connectivity index (χ4v) is 10.5. The first-order valence-corrected chi connectivity index (χ1v) is 19.6. The molecule has 3 aromatic heterocycles. The van der Waals surface area contributed by atoms with Crippen LogP contribution in [-0.4, -0.2) is 61.5 Å². The fraction of sp³-hybridized carbons (Fsp3) is 0.348. The second-order valence-corrected chi connectivity index (χ2v) is 16.0. The summed E-state index contributed by atoms with van der Waals surface area (Å²) < 4.78 is 0. The SMILES string of the molecule is CCC1=C(C)c2cc3[nH]c(cc4[nH]c(cc5nc6c(c1n2)C=C(C#N)C1N(C)c2ccc(C=O)cc2C5(CC)C61C)c(C)c4CCC(=O)O)c(CCC(=O)O)c3C. The topological polar surface area (TPSA) is 176 Å². The number of hydrogen-bond acceptors (Lipinski definition) is 7. The zero-order valence-corrected chi connectivity index (χ0v) is 33.3. The lowest BCUT2D eigenvalue weighted by Gasteiger charge is -2.57. The van der Waals surface area contributed by atoms with Crippen LogP contribution in [-0.2, 0) is 33.3 Å². The van der Waals surface area contributed by atoms with E-state index in [9.17, 15) is 29.9 Å². The van der Waals surface area contributed by atoms with Gasteiger partial charge in [0, 0.05) is 58.8 Å². The summed E-state index contributed by atoms with van der Waals surface area (Å²) in [4.78, 5) is 56.6. The van der Waals surface area contributed by atoms with E-state index in [2.05, 4.69) is 54.7 Å². The van der Waals surface area contributed by atoms with Crippen molar-refractivity contribution in [3.05, 3.63) is 104 Å². The van der Waals surface area contributed by atoms with Crippen LogP contribution in [0.25, 0.3) is 39.3 Å². The molecule has 3 aliphatic heterocycles. The van der Waals surface area contributed by atoms with Gasteiger partial charge in [-0.1, -0.05) is 20.8 Å². The number of carboxylic acids is 2. The minimum Gasteiger partial charge on any atom is -0.481 e. The first kappa shape index (κ1) is 37.6. The van der Waals surface area contributed by atoms with Gasteiger partial charge in [-0.25, -0.2) is 4.98 Å². The number of allylic oxidation sites excluding steroid dienone is 2. The Morgan fingerprint density at radius 2 is 1.56 bits per heavy atom. The minimum atomic E-state index is -0.911. The van der Waals surface area contributed by atoms with Crippen LogP contribution < -0.4 is 4.90 Å². The molecule has 0 saturated heterocycles. The van der Waals surface area contributed by atoms with Crippen LogP contribution in [0.15, 0.2) is 42.0 Å². The molecule has 8 bridgehead atoms. The first-order chi connectivity index (χ1) is 27.2. The maximum atomic E-state index is 12.4. The monoisotopic (exact) mass is 762 g/mol. The van der Waals surface area contributed by atoms with Crippen molar-refractivity contribution in [3.63, 3.8) is 0 Å². The van der Waals surface area contributed by atoms with Crippen molar-refractivity contribution in [1.29, 1.82) is 5.26 Å². The second kappa shape index (κ2) is 13.4. The Labute approximate surface area is 330 Å². The first-order valence-electron chi connectivity index (χ1n) is 19.6. The number of carbonyl (C=O) groups excluding carboxylic acids is 1. The zero-order chi connectivity index (χ0) is 40.7. The minimum absolute atomic E-state index is 0.0585. The van der Waals surface area contributed by atoms with Gasteiger partial charge in [0.1, 0.15) is 6.29 Å². The number of fused-ring (bicyclic) bond motifs is 11. The quantitative estimate of drug-likeness (QED) is 0.122. The molecule has 0 spiro atoms. The highest BCUT2D eigenvalue weighted by atomic mass is 16.4. The molecule has 1 aliphatic carbocycles. The highest BCUT2D eigenvalue weighted by Gasteiger charge is 2.66. The van der Waals surface area contributed by atoms with Crippen LogP contribution in [0.5, 0.6) is 0 Å². The number of likely N-dealkylation sites (N-methyl/N-ethyl adjacent to an activating group) is 1. The van der Waals surface area contributed by atoms with E-state index in [1.807, 2.05) is 57.3 Å². The molecule has 11 heteroatoms. The molecule has 6 heterocycles. The van der Waals surface area contributed by atoms with E-state index in [1.165, 1.54) is 0 Å².